The lowest BCUT2D eigenvalue weighted by atomic mass is 10.1. The molecule has 0 saturated heterocycles. The molecule has 98 valence electrons. The molecule has 0 fully saturated rings. The molecule has 0 aliphatic carbocycles. The van der Waals surface area contributed by atoms with Gasteiger partial charge in [0.25, 0.3) is 0 Å². The normalized spacial score (nSPS) is 12.3. The van der Waals surface area contributed by atoms with Gasteiger partial charge in [-0.2, -0.15) is 0 Å². The van der Waals surface area contributed by atoms with Gasteiger partial charge in [0, 0.05) is 15.9 Å². The van der Waals surface area contributed by atoms with Crippen molar-refractivity contribution in [2.45, 2.75) is 46.7 Å². The Morgan fingerprint density at radius 2 is 1.89 bits per heavy atom. The van der Waals surface area contributed by atoms with Gasteiger partial charge in [-0.3, -0.25) is 0 Å². The van der Waals surface area contributed by atoms with Crippen LogP contribution in [-0.2, 0) is 6.54 Å². The standard InChI is InChI=1S/C15H20ClNO/c1-9-6-13-12(10(2)14(9)16)7-11(18-13)8-17-15(3,4)5/h6-7,17H,8H2,1-5H3. The molecule has 2 nitrogen and oxygen atoms in total. The number of hydrogen-bond donors (Lipinski definition) is 1. The first-order valence-corrected chi connectivity index (χ1v) is 6.59. The molecule has 0 aliphatic rings. The van der Waals surface area contributed by atoms with E-state index in [1.165, 1.54) is 0 Å². The summed E-state index contributed by atoms with van der Waals surface area (Å²) in [5.74, 6) is 0.949. The molecule has 1 aromatic heterocycles. The average Bonchev–Trinajstić information content (AvgIpc) is 2.66. The summed E-state index contributed by atoms with van der Waals surface area (Å²) >= 11 is 6.26. The van der Waals surface area contributed by atoms with Crippen molar-refractivity contribution in [3.63, 3.8) is 0 Å². The number of hydrogen-bond acceptors (Lipinski definition) is 2. The van der Waals surface area contributed by atoms with Crippen LogP contribution in [0.25, 0.3) is 11.0 Å². The smallest absolute Gasteiger partial charge is 0.134 e. The second-order valence-corrected chi connectivity index (χ2v) is 6.24. The maximum absolute atomic E-state index is 6.26. The van der Waals surface area contributed by atoms with Crippen molar-refractivity contribution in [3.05, 3.63) is 34.0 Å². The zero-order valence-corrected chi connectivity index (χ0v) is 12.4. The number of rotatable bonds is 2. The zero-order valence-electron chi connectivity index (χ0n) is 11.6. The molecule has 0 amide bonds. The van der Waals surface area contributed by atoms with E-state index in [-0.39, 0.29) is 5.54 Å². The highest BCUT2D eigenvalue weighted by Gasteiger charge is 2.13. The van der Waals surface area contributed by atoms with Crippen LogP contribution in [0.15, 0.2) is 16.5 Å². The molecule has 2 aromatic rings. The summed E-state index contributed by atoms with van der Waals surface area (Å²) < 4.78 is 5.86. The van der Waals surface area contributed by atoms with Crippen LogP contribution < -0.4 is 5.32 Å². The fourth-order valence-corrected chi connectivity index (χ4v) is 2.13. The number of fused-ring (bicyclic) bond motifs is 1. The lowest BCUT2D eigenvalue weighted by molar-refractivity contribution is 0.395. The van der Waals surface area contributed by atoms with Crippen LogP contribution in [0.3, 0.4) is 0 Å². The molecule has 0 bridgehead atoms. The average molecular weight is 266 g/mol. The van der Waals surface area contributed by atoms with Crippen molar-refractivity contribution < 1.29 is 4.42 Å². The molecule has 0 atom stereocenters. The summed E-state index contributed by atoms with van der Waals surface area (Å²) in [5, 5.41) is 5.36. The molecule has 0 spiro atoms. The Balaban J connectivity index is 2.36. The third-order valence-electron chi connectivity index (χ3n) is 3.03. The van der Waals surface area contributed by atoms with Crippen LogP contribution in [0.4, 0.5) is 0 Å². The molecule has 3 heteroatoms. The Kier molecular flexibility index (Phi) is 3.43. The van der Waals surface area contributed by atoms with Gasteiger partial charge in [-0.15, -0.1) is 0 Å². The highest BCUT2D eigenvalue weighted by molar-refractivity contribution is 6.33. The van der Waals surface area contributed by atoms with Gasteiger partial charge in [0.15, 0.2) is 0 Å². The maximum atomic E-state index is 6.26. The Morgan fingerprint density at radius 3 is 2.50 bits per heavy atom. The Morgan fingerprint density at radius 1 is 1.22 bits per heavy atom. The zero-order chi connectivity index (χ0) is 13.5. The predicted molar refractivity (Wildman–Crippen MR) is 77.3 cm³/mol. The van der Waals surface area contributed by atoms with Gasteiger partial charge in [-0.25, -0.2) is 0 Å². The van der Waals surface area contributed by atoms with Crippen molar-refractivity contribution in [2.75, 3.05) is 0 Å². The van der Waals surface area contributed by atoms with Crippen LogP contribution in [0, 0.1) is 13.8 Å². The van der Waals surface area contributed by atoms with E-state index in [0.717, 1.165) is 39.4 Å². The molecule has 0 unspecified atom stereocenters. The minimum Gasteiger partial charge on any atom is -0.460 e. The first kappa shape index (κ1) is 13.4. The topological polar surface area (TPSA) is 25.2 Å². The molecule has 0 aliphatic heterocycles. The third-order valence-corrected chi connectivity index (χ3v) is 3.61. The van der Waals surface area contributed by atoms with Crippen LogP contribution in [0.1, 0.15) is 37.7 Å². The number of nitrogens with one attached hydrogen (secondary N) is 1. The van der Waals surface area contributed by atoms with Crippen LogP contribution in [-0.4, -0.2) is 5.54 Å². The van der Waals surface area contributed by atoms with Crippen molar-refractivity contribution in [2.24, 2.45) is 0 Å². The minimum absolute atomic E-state index is 0.0849. The highest BCUT2D eigenvalue weighted by Crippen LogP contribution is 2.31. The summed E-state index contributed by atoms with van der Waals surface area (Å²) in [6, 6.07) is 4.08. The number of benzene rings is 1. The quantitative estimate of drug-likeness (QED) is 0.859. The molecule has 0 saturated carbocycles. The lowest BCUT2D eigenvalue weighted by Gasteiger charge is -2.19. The monoisotopic (exact) mass is 265 g/mol. The summed E-state index contributed by atoms with van der Waals surface area (Å²) in [6.07, 6.45) is 0. The lowest BCUT2D eigenvalue weighted by Crippen LogP contribution is -2.34. The van der Waals surface area contributed by atoms with E-state index in [4.69, 9.17) is 16.0 Å². The van der Waals surface area contributed by atoms with E-state index >= 15 is 0 Å². The molecule has 0 radical (unpaired) electrons. The SMILES string of the molecule is Cc1cc2oc(CNC(C)(C)C)cc2c(C)c1Cl. The fraction of sp³-hybridized carbons (Fsp3) is 0.467. The molecule has 1 N–H and O–H groups in total. The molecule has 1 heterocycles. The van der Waals surface area contributed by atoms with E-state index in [2.05, 4.69) is 32.2 Å². The van der Waals surface area contributed by atoms with Gasteiger partial charge in [-0.05, 0) is 57.9 Å². The first-order chi connectivity index (χ1) is 8.28. The summed E-state index contributed by atoms with van der Waals surface area (Å²) in [7, 11) is 0. The highest BCUT2D eigenvalue weighted by atomic mass is 35.5. The van der Waals surface area contributed by atoms with E-state index < -0.39 is 0 Å². The van der Waals surface area contributed by atoms with Gasteiger partial charge < -0.3 is 9.73 Å². The molecule has 1 aromatic carbocycles. The van der Waals surface area contributed by atoms with Gasteiger partial charge in [0.1, 0.15) is 11.3 Å². The largest absolute Gasteiger partial charge is 0.460 e. The predicted octanol–water partition coefficient (Wildman–Crippen LogP) is 4.59. The summed E-state index contributed by atoms with van der Waals surface area (Å²) in [5.41, 5.74) is 3.16. The third kappa shape index (κ3) is 2.70. The molecule has 2 rings (SSSR count). The second-order valence-electron chi connectivity index (χ2n) is 5.86. The maximum Gasteiger partial charge on any atom is 0.134 e. The van der Waals surface area contributed by atoms with Crippen molar-refractivity contribution in [1.29, 1.82) is 0 Å². The Hall–Kier alpha value is -0.990. The van der Waals surface area contributed by atoms with Gasteiger partial charge >= 0.3 is 0 Å². The fourth-order valence-electron chi connectivity index (χ4n) is 1.97. The van der Waals surface area contributed by atoms with Gasteiger partial charge in [0.2, 0.25) is 0 Å². The van der Waals surface area contributed by atoms with Crippen molar-refractivity contribution in [3.8, 4) is 0 Å². The molecular weight excluding hydrogens is 246 g/mol. The molecule has 18 heavy (non-hydrogen) atoms. The van der Waals surface area contributed by atoms with Crippen LogP contribution >= 0.6 is 11.6 Å². The summed E-state index contributed by atoms with van der Waals surface area (Å²) in [4.78, 5) is 0. The second kappa shape index (κ2) is 4.60. The van der Waals surface area contributed by atoms with Crippen LogP contribution in [0.2, 0.25) is 5.02 Å². The minimum atomic E-state index is 0.0849. The van der Waals surface area contributed by atoms with Crippen molar-refractivity contribution >= 4 is 22.6 Å². The number of aryl methyl sites for hydroxylation is 2. The van der Waals surface area contributed by atoms with Gasteiger partial charge in [0.05, 0.1) is 6.54 Å². The van der Waals surface area contributed by atoms with E-state index in [1.807, 2.05) is 19.9 Å². The van der Waals surface area contributed by atoms with E-state index in [0.29, 0.717) is 0 Å². The number of halogens is 1. The molecular formula is C15H20ClNO. The van der Waals surface area contributed by atoms with Crippen LogP contribution in [0.5, 0.6) is 0 Å². The van der Waals surface area contributed by atoms with E-state index in [9.17, 15) is 0 Å². The van der Waals surface area contributed by atoms with Crippen molar-refractivity contribution in [1.82, 2.24) is 5.32 Å². The summed E-state index contributed by atoms with van der Waals surface area (Å²) in [6.45, 7) is 11.2. The van der Waals surface area contributed by atoms with E-state index in [1.54, 1.807) is 0 Å². The Labute approximate surface area is 113 Å². The number of furan rings is 1. The first-order valence-electron chi connectivity index (χ1n) is 6.21. The van der Waals surface area contributed by atoms with Gasteiger partial charge in [-0.1, -0.05) is 11.6 Å². The Bertz CT molecular complexity index is 578.